The summed E-state index contributed by atoms with van der Waals surface area (Å²) in [7, 11) is 1.93. The zero-order chi connectivity index (χ0) is 12.4. The van der Waals surface area contributed by atoms with E-state index in [2.05, 4.69) is 24.7 Å². The lowest BCUT2D eigenvalue weighted by atomic mass is 10.5. The average molecular weight is 277 g/mol. The SMILES string of the molecule is CNCc1c(Sc2ncccn2)nc2sccn12. The summed E-state index contributed by atoms with van der Waals surface area (Å²) in [5.74, 6) is 0. The van der Waals surface area contributed by atoms with E-state index in [1.807, 2.05) is 24.7 Å². The van der Waals surface area contributed by atoms with Crippen LogP contribution in [0.25, 0.3) is 4.96 Å². The lowest BCUT2D eigenvalue weighted by molar-refractivity contribution is 0.764. The van der Waals surface area contributed by atoms with Crippen LogP contribution in [0.3, 0.4) is 0 Å². The quantitative estimate of drug-likeness (QED) is 0.740. The zero-order valence-corrected chi connectivity index (χ0v) is 11.3. The Kier molecular flexibility index (Phi) is 3.26. The molecule has 7 heteroatoms. The Hall–Kier alpha value is -1.44. The van der Waals surface area contributed by atoms with Gasteiger partial charge in [-0.1, -0.05) is 0 Å². The van der Waals surface area contributed by atoms with Crippen molar-refractivity contribution in [1.29, 1.82) is 0 Å². The number of aromatic nitrogens is 4. The van der Waals surface area contributed by atoms with Gasteiger partial charge in [-0.25, -0.2) is 15.0 Å². The number of imidazole rings is 1. The van der Waals surface area contributed by atoms with Crippen molar-refractivity contribution in [2.45, 2.75) is 16.7 Å². The van der Waals surface area contributed by atoms with Crippen molar-refractivity contribution < 1.29 is 0 Å². The van der Waals surface area contributed by atoms with Crippen LogP contribution in [-0.4, -0.2) is 26.4 Å². The molecule has 0 saturated heterocycles. The predicted octanol–water partition coefficient (Wildman–Crippen LogP) is 2.06. The summed E-state index contributed by atoms with van der Waals surface area (Å²) in [6.07, 6.45) is 5.52. The standard InChI is InChI=1S/C11H11N5S2/c1-12-7-8-9(15-11-16(8)5-6-17-11)18-10-13-3-2-4-14-10/h2-6,12H,7H2,1H3. The van der Waals surface area contributed by atoms with E-state index >= 15 is 0 Å². The maximum atomic E-state index is 4.61. The molecule has 3 aromatic heterocycles. The largest absolute Gasteiger partial charge is 0.314 e. The molecule has 0 fully saturated rings. The van der Waals surface area contributed by atoms with E-state index in [1.54, 1.807) is 23.7 Å². The molecule has 0 amide bonds. The molecular weight excluding hydrogens is 266 g/mol. The van der Waals surface area contributed by atoms with E-state index in [0.717, 1.165) is 27.4 Å². The Morgan fingerprint density at radius 2 is 2.22 bits per heavy atom. The monoisotopic (exact) mass is 277 g/mol. The van der Waals surface area contributed by atoms with E-state index in [4.69, 9.17) is 0 Å². The number of nitrogens with zero attached hydrogens (tertiary/aromatic N) is 4. The first kappa shape index (κ1) is 11.6. The highest BCUT2D eigenvalue weighted by atomic mass is 32.2. The third kappa shape index (κ3) is 2.12. The van der Waals surface area contributed by atoms with Gasteiger partial charge in [0.1, 0.15) is 5.03 Å². The maximum Gasteiger partial charge on any atom is 0.194 e. The molecule has 0 aliphatic carbocycles. The predicted molar refractivity (Wildman–Crippen MR) is 72.0 cm³/mol. The highest BCUT2D eigenvalue weighted by Gasteiger charge is 2.14. The van der Waals surface area contributed by atoms with Crippen LogP contribution in [0.5, 0.6) is 0 Å². The molecule has 3 heterocycles. The lowest BCUT2D eigenvalue weighted by Crippen LogP contribution is -2.08. The third-order valence-electron chi connectivity index (χ3n) is 2.40. The van der Waals surface area contributed by atoms with Gasteiger partial charge in [0.15, 0.2) is 10.1 Å². The second-order valence-corrected chi connectivity index (χ2v) is 5.41. The van der Waals surface area contributed by atoms with Gasteiger partial charge in [0.25, 0.3) is 0 Å². The Bertz CT molecular complexity index is 646. The van der Waals surface area contributed by atoms with Crippen molar-refractivity contribution in [1.82, 2.24) is 24.7 Å². The molecule has 0 spiro atoms. The molecule has 1 N–H and O–H groups in total. The van der Waals surface area contributed by atoms with Crippen LogP contribution in [0.15, 0.2) is 40.2 Å². The lowest BCUT2D eigenvalue weighted by Gasteiger charge is -2.01. The van der Waals surface area contributed by atoms with E-state index < -0.39 is 0 Å². The molecule has 0 radical (unpaired) electrons. The summed E-state index contributed by atoms with van der Waals surface area (Å²) in [4.78, 5) is 14.0. The van der Waals surface area contributed by atoms with Gasteiger partial charge in [-0.2, -0.15) is 0 Å². The second-order valence-electron chi connectivity index (χ2n) is 3.58. The molecular formula is C11H11N5S2. The van der Waals surface area contributed by atoms with Gasteiger partial charge in [0, 0.05) is 30.5 Å². The van der Waals surface area contributed by atoms with E-state index in [1.165, 1.54) is 11.8 Å². The smallest absolute Gasteiger partial charge is 0.194 e. The number of nitrogens with one attached hydrogen (secondary N) is 1. The first-order chi connectivity index (χ1) is 8.88. The number of hydrogen-bond acceptors (Lipinski definition) is 6. The van der Waals surface area contributed by atoms with Crippen LogP contribution in [0.4, 0.5) is 0 Å². The summed E-state index contributed by atoms with van der Waals surface area (Å²) in [5, 5.41) is 6.89. The topological polar surface area (TPSA) is 55.1 Å². The molecule has 92 valence electrons. The van der Waals surface area contributed by atoms with E-state index in [-0.39, 0.29) is 0 Å². The van der Waals surface area contributed by atoms with Gasteiger partial charge >= 0.3 is 0 Å². The summed E-state index contributed by atoms with van der Waals surface area (Å²) in [5.41, 5.74) is 1.14. The fourth-order valence-corrected chi connectivity index (χ4v) is 3.26. The van der Waals surface area contributed by atoms with Gasteiger partial charge < -0.3 is 5.32 Å². The number of fused-ring (bicyclic) bond motifs is 1. The molecule has 5 nitrogen and oxygen atoms in total. The van der Waals surface area contributed by atoms with Crippen molar-refractivity contribution >= 4 is 28.1 Å². The van der Waals surface area contributed by atoms with Crippen LogP contribution >= 0.6 is 23.1 Å². The van der Waals surface area contributed by atoms with Crippen molar-refractivity contribution in [2.24, 2.45) is 0 Å². The van der Waals surface area contributed by atoms with Crippen molar-refractivity contribution in [3.8, 4) is 0 Å². The van der Waals surface area contributed by atoms with Crippen molar-refractivity contribution in [3.05, 3.63) is 35.7 Å². The van der Waals surface area contributed by atoms with Crippen molar-refractivity contribution in [3.63, 3.8) is 0 Å². The minimum absolute atomic E-state index is 0.723. The fraction of sp³-hybridized carbons (Fsp3) is 0.182. The van der Waals surface area contributed by atoms with E-state index in [9.17, 15) is 0 Å². The molecule has 3 aromatic rings. The minimum Gasteiger partial charge on any atom is -0.314 e. The third-order valence-corrected chi connectivity index (χ3v) is 4.07. The van der Waals surface area contributed by atoms with Gasteiger partial charge in [-0.05, 0) is 24.9 Å². The molecule has 18 heavy (non-hydrogen) atoms. The fourth-order valence-electron chi connectivity index (χ4n) is 1.65. The Labute approximate surface area is 112 Å². The molecule has 0 aliphatic heterocycles. The van der Waals surface area contributed by atoms with E-state index in [0.29, 0.717) is 0 Å². The number of rotatable bonds is 4. The van der Waals surface area contributed by atoms with Crippen LogP contribution in [0.1, 0.15) is 5.69 Å². The van der Waals surface area contributed by atoms with Gasteiger partial charge in [-0.15, -0.1) is 11.3 Å². The average Bonchev–Trinajstić information content (AvgIpc) is 2.95. The number of thiazole rings is 1. The van der Waals surface area contributed by atoms with Crippen LogP contribution in [0, 0.1) is 0 Å². The van der Waals surface area contributed by atoms with Crippen LogP contribution in [0.2, 0.25) is 0 Å². The first-order valence-corrected chi connectivity index (χ1v) is 7.12. The first-order valence-electron chi connectivity index (χ1n) is 5.42. The highest BCUT2D eigenvalue weighted by Crippen LogP contribution is 2.29. The minimum atomic E-state index is 0.723. The van der Waals surface area contributed by atoms with Crippen LogP contribution in [-0.2, 0) is 6.54 Å². The molecule has 0 unspecified atom stereocenters. The molecule has 0 bridgehead atoms. The summed E-state index contributed by atoms with van der Waals surface area (Å²) in [6.45, 7) is 0.771. The zero-order valence-electron chi connectivity index (χ0n) is 9.70. The van der Waals surface area contributed by atoms with Crippen molar-refractivity contribution in [2.75, 3.05) is 7.05 Å². The second kappa shape index (κ2) is 5.05. The van der Waals surface area contributed by atoms with Gasteiger partial charge in [-0.3, -0.25) is 4.40 Å². The molecule has 0 aliphatic rings. The normalized spacial score (nSPS) is 11.2. The summed E-state index contributed by atoms with van der Waals surface area (Å²) in [6, 6.07) is 1.81. The van der Waals surface area contributed by atoms with Gasteiger partial charge in [0.2, 0.25) is 0 Å². The molecule has 3 rings (SSSR count). The Balaban J connectivity index is 2.00. The molecule has 0 atom stereocenters. The Morgan fingerprint density at radius 1 is 1.39 bits per heavy atom. The highest BCUT2D eigenvalue weighted by molar-refractivity contribution is 7.99. The number of hydrogen-bond donors (Lipinski definition) is 1. The molecule has 0 saturated carbocycles. The Morgan fingerprint density at radius 3 is 3.00 bits per heavy atom. The maximum absolute atomic E-state index is 4.61. The van der Waals surface area contributed by atoms with Gasteiger partial charge in [0.05, 0.1) is 5.69 Å². The van der Waals surface area contributed by atoms with Crippen LogP contribution < -0.4 is 5.32 Å². The summed E-state index contributed by atoms with van der Waals surface area (Å²) < 4.78 is 2.10. The summed E-state index contributed by atoms with van der Waals surface area (Å²) >= 11 is 3.13. The molecule has 0 aromatic carbocycles.